The van der Waals surface area contributed by atoms with Crippen LogP contribution in [0.25, 0.3) is 11.1 Å². The molecular weight excluding hydrogens is 272 g/mol. The minimum absolute atomic E-state index is 0.265. The van der Waals surface area contributed by atoms with E-state index < -0.39 is 10.8 Å². The van der Waals surface area contributed by atoms with Gasteiger partial charge >= 0.3 is 0 Å². The summed E-state index contributed by atoms with van der Waals surface area (Å²) in [4.78, 5) is 4.24. The highest BCUT2D eigenvalue weighted by Crippen LogP contribution is 2.20. The first kappa shape index (κ1) is 12.9. The first-order chi connectivity index (χ1) is 9.72. The first-order valence-electron chi connectivity index (χ1n) is 6.31. The van der Waals surface area contributed by atoms with Crippen LogP contribution in [-0.2, 0) is 17.2 Å². The topological polar surface area (TPSA) is 69.1 Å². The molecule has 4 nitrogen and oxygen atoms in total. The van der Waals surface area contributed by atoms with E-state index in [0.29, 0.717) is 22.5 Å². The summed E-state index contributed by atoms with van der Waals surface area (Å²) in [6.45, 7) is 0. The maximum Gasteiger partial charge on any atom is 0.287 e. The van der Waals surface area contributed by atoms with Gasteiger partial charge in [0.2, 0.25) is 0 Å². The molecule has 0 bridgehead atoms. The van der Waals surface area contributed by atoms with E-state index in [-0.39, 0.29) is 5.22 Å². The fraction of sp³-hybridized carbons (Fsp3) is 0.133. The van der Waals surface area contributed by atoms with Gasteiger partial charge in [0.05, 0.1) is 0 Å². The van der Waals surface area contributed by atoms with Gasteiger partial charge in [0.1, 0.15) is 16.3 Å². The molecule has 102 valence electrons. The van der Waals surface area contributed by atoms with Gasteiger partial charge in [0.15, 0.2) is 5.58 Å². The lowest BCUT2D eigenvalue weighted by Gasteiger charge is -1.98. The normalized spacial score (nSPS) is 12.6. The van der Waals surface area contributed by atoms with E-state index in [1.165, 1.54) is 0 Å². The van der Waals surface area contributed by atoms with E-state index in [4.69, 9.17) is 10.2 Å². The summed E-state index contributed by atoms with van der Waals surface area (Å²) in [6.07, 6.45) is 0.730. The Hall–Kier alpha value is -2.14. The Labute approximate surface area is 119 Å². The molecule has 0 fully saturated rings. The highest BCUT2D eigenvalue weighted by Gasteiger charge is 2.13. The van der Waals surface area contributed by atoms with Gasteiger partial charge < -0.3 is 10.2 Å². The van der Waals surface area contributed by atoms with Gasteiger partial charge in [-0.3, -0.25) is 0 Å². The molecule has 1 unspecified atom stereocenters. The molecule has 0 radical (unpaired) electrons. The zero-order chi connectivity index (χ0) is 13.9. The molecule has 1 heterocycles. The maximum absolute atomic E-state index is 12.2. The lowest BCUT2D eigenvalue weighted by molar-refractivity contribution is 0.477. The predicted octanol–water partition coefficient (Wildman–Crippen LogP) is 2.76. The third-order valence-corrected chi connectivity index (χ3v) is 4.14. The van der Waals surface area contributed by atoms with Crippen LogP contribution in [0.2, 0.25) is 0 Å². The molecule has 2 aromatic carbocycles. The quantitative estimate of drug-likeness (QED) is 0.749. The van der Waals surface area contributed by atoms with E-state index >= 15 is 0 Å². The Morgan fingerprint density at radius 1 is 1.15 bits per heavy atom. The number of rotatable bonds is 4. The number of hydrogen-bond acceptors (Lipinski definition) is 4. The van der Waals surface area contributed by atoms with Crippen LogP contribution in [0.1, 0.15) is 5.56 Å². The molecule has 0 aliphatic rings. The first-order valence-corrected chi connectivity index (χ1v) is 7.62. The number of oxazole rings is 1. The molecule has 20 heavy (non-hydrogen) atoms. The number of nitrogens with zero attached hydrogens (tertiary/aromatic N) is 1. The van der Waals surface area contributed by atoms with Gasteiger partial charge in [0, 0.05) is 11.4 Å². The molecule has 2 N–H and O–H groups in total. The van der Waals surface area contributed by atoms with E-state index in [1.54, 1.807) is 18.2 Å². The lowest BCUT2D eigenvalue weighted by Crippen LogP contribution is -2.01. The summed E-state index contributed by atoms with van der Waals surface area (Å²) >= 11 is 0. The summed E-state index contributed by atoms with van der Waals surface area (Å²) in [5, 5.41) is 0.265. The number of anilines is 1. The Bertz CT molecular complexity index is 753. The van der Waals surface area contributed by atoms with Crippen molar-refractivity contribution in [3.8, 4) is 0 Å². The van der Waals surface area contributed by atoms with Crippen LogP contribution in [0.4, 0.5) is 5.69 Å². The Morgan fingerprint density at radius 2 is 1.95 bits per heavy atom. The number of benzene rings is 2. The lowest BCUT2D eigenvalue weighted by atomic mass is 10.2. The highest BCUT2D eigenvalue weighted by atomic mass is 32.2. The van der Waals surface area contributed by atoms with Crippen molar-refractivity contribution in [1.29, 1.82) is 0 Å². The summed E-state index contributed by atoms with van der Waals surface area (Å²) in [6, 6.07) is 15.1. The molecule has 3 aromatic rings. The molecule has 0 amide bonds. The number of nitrogen functional groups attached to an aromatic ring is 1. The van der Waals surface area contributed by atoms with Crippen molar-refractivity contribution in [3.63, 3.8) is 0 Å². The Kier molecular flexibility index (Phi) is 3.52. The minimum Gasteiger partial charge on any atom is -0.430 e. The number of fused-ring (bicyclic) bond motifs is 1. The van der Waals surface area contributed by atoms with Gasteiger partial charge in [-0.1, -0.05) is 30.3 Å². The van der Waals surface area contributed by atoms with Gasteiger partial charge in [0.25, 0.3) is 5.22 Å². The van der Waals surface area contributed by atoms with Gasteiger partial charge in [-0.25, -0.2) is 9.19 Å². The van der Waals surface area contributed by atoms with Crippen LogP contribution in [0.3, 0.4) is 0 Å². The van der Waals surface area contributed by atoms with E-state index in [1.807, 2.05) is 30.3 Å². The number of nitrogens with two attached hydrogens (primary N) is 1. The summed E-state index contributed by atoms with van der Waals surface area (Å²) in [7, 11) is -1.24. The van der Waals surface area contributed by atoms with Crippen LogP contribution in [0.5, 0.6) is 0 Å². The molecule has 0 saturated carbocycles. The minimum atomic E-state index is -1.24. The van der Waals surface area contributed by atoms with Crippen LogP contribution in [-0.4, -0.2) is 14.9 Å². The molecule has 3 rings (SSSR count). The van der Waals surface area contributed by atoms with Gasteiger partial charge in [-0.05, 0) is 30.2 Å². The molecule has 0 saturated heterocycles. The predicted molar refractivity (Wildman–Crippen MR) is 79.8 cm³/mol. The van der Waals surface area contributed by atoms with Crippen molar-refractivity contribution >= 4 is 27.6 Å². The third-order valence-electron chi connectivity index (χ3n) is 3.01. The number of aryl methyl sites for hydroxylation is 1. The summed E-state index contributed by atoms with van der Waals surface area (Å²) in [5.41, 5.74) is 8.72. The monoisotopic (exact) mass is 286 g/mol. The molecule has 1 atom stereocenters. The second-order valence-corrected chi connectivity index (χ2v) is 5.94. The van der Waals surface area contributed by atoms with Crippen LogP contribution in [0.15, 0.2) is 58.2 Å². The average Bonchev–Trinajstić information content (AvgIpc) is 2.89. The molecule has 0 aliphatic heterocycles. The zero-order valence-corrected chi connectivity index (χ0v) is 11.6. The average molecular weight is 286 g/mol. The fourth-order valence-electron chi connectivity index (χ4n) is 1.96. The van der Waals surface area contributed by atoms with Crippen molar-refractivity contribution in [3.05, 3.63) is 54.1 Å². The third kappa shape index (κ3) is 2.72. The number of hydrogen-bond donors (Lipinski definition) is 1. The van der Waals surface area contributed by atoms with Gasteiger partial charge in [-0.2, -0.15) is 0 Å². The molecule has 5 heteroatoms. The smallest absolute Gasteiger partial charge is 0.287 e. The molecule has 0 aliphatic carbocycles. The van der Waals surface area contributed by atoms with E-state index in [9.17, 15) is 4.21 Å². The highest BCUT2D eigenvalue weighted by molar-refractivity contribution is 7.84. The van der Waals surface area contributed by atoms with E-state index in [2.05, 4.69) is 4.98 Å². The molecule has 1 aromatic heterocycles. The number of aromatic nitrogens is 1. The van der Waals surface area contributed by atoms with Crippen molar-refractivity contribution in [2.75, 3.05) is 11.5 Å². The van der Waals surface area contributed by atoms with E-state index in [0.717, 1.165) is 12.0 Å². The molecular formula is C15H14N2O2S. The van der Waals surface area contributed by atoms with Crippen molar-refractivity contribution in [2.24, 2.45) is 0 Å². The standard InChI is InChI=1S/C15H14N2O2S/c16-12-6-7-14-13(10-12)17-15(19-14)20(18)9-8-11-4-2-1-3-5-11/h1-7,10H,8-9,16H2. The summed E-state index contributed by atoms with van der Waals surface area (Å²) in [5.74, 6) is 0.492. The van der Waals surface area contributed by atoms with Crippen LogP contribution in [0, 0.1) is 0 Å². The van der Waals surface area contributed by atoms with Gasteiger partial charge in [-0.15, -0.1) is 0 Å². The van der Waals surface area contributed by atoms with Crippen molar-refractivity contribution < 1.29 is 8.63 Å². The maximum atomic E-state index is 12.2. The Morgan fingerprint density at radius 3 is 2.75 bits per heavy atom. The zero-order valence-electron chi connectivity index (χ0n) is 10.8. The Balaban J connectivity index is 1.75. The largest absolute Gasteiger partial charge is 0.430 e. The fourth-order valence-corrected chi connectivity index (χ4v) is 2.94. The SMILES string of the molecule is Nc1ccc2oc(S(=O)CCc3ccccc3)nc2c1. The summed E-state index contributed by atoms with van der Waals surface area (Å²) < 4.78 is 17.7. The van der Waals surface area contributed by atoms with Crippen LogP contribution < -0.4 is 5.73 Å². The van der Waals surface area contributed by atoms with Crippen LogP contribution >= 0.6 is 0 Å². The molecule has 0 spiro atoms. The second kappa shape index (κ2) is 5.46. The van der Waals surface area contributed by atoms with Crippen molar-refractivity contribution in [2.45, 2.75) is 11.6 Å². The second-order valence-electron chi connectivity index (χ2n) is 4.49. The van der Waals surface area contributed by atoms with Crippen molar-refractivity contribution in [1.82, 2.24) is 4.98 Å².